The lowest BCUT2D eigenvalue weighted by Crippen LogP contribution is -2.37. The van der Waals surface area contributed by atoms with Crippen LogP contribution in [0.2, 0.25) is 0 Å². The van der Waals surface area contributed by atoms with Crippen molar-refractivity contribution in [3.8, 4) is 0 Å². The van der Waals surface area contributed by atoms with Crippen molar-refractivity contribution >= 4 is 22.5 Å². The number of carbonyl (C=O) groups excluding carboxylic acids is 1. The molecule has 1 N–H and O–H groups in total. The van der Waals surface area contributed by atoms with Gasteiger partial charge in [-0.25, -0.2) is 9.78 Å². The number of ether oxygens (including phenoxy) is 1. The van der Waals surface area contributed by atoms with Crippen molar-refractivity contribution in [1.29, 1.82) is 0 Å². The predicted molar refractivity (Wildman–Crippen MR) is 84.0 cm³/mol. The fraction of sp³-hybridized carbons (Fsp3) is 0.733. The first-order valence-corrected chi connectivity index (χ1v) is 8.66. The van der Waals surface area contributed by atoms with Gasteiger partial charge in [-0.3, -0.25) is 5.32 Å². The normalized spacial score (nSPS) is 21.7. The van der Waals surface area contributed by atoms with Crippen molar-refractivity contribution in [1.82, 2.24) is 9.88 Å². The zero-order chi connectivity index (χ0) is 14.7. The Hall–Kier alpha value is -1.14. The number of hydrogen-bond donors (Lipinski definition) is 1. The summed E-state index contributed by atoms with van der Waals surface area (Å²) in [5.41, 5.74) is 1.19. The van der Waals surface area contributed by atoms with E-state index in [0.717, 1.165) is 37.4 Å². The first-order valence-electron chi connectivity index (χ1n) is 7.84. The molecule has 0 bridgehead atoms. The van der Waals surface area contributed by atoms with E-state index in [0.29, 0.717) is 6.54 Å². The molecular formula is C15H23N3O2S. The molecule has 1 aromatic rings. The van der Waals surface area contributed by atoms with Gasteiger partial charge in [0.25, 0.3) is 0 Å². The summed E-state index contributed by atoms with van der Waals surface area (Å²) in [6, 6.07) is -0.0885. The molecule has 2 heterocycles. The molecule has 6 heteroatoms. The van der Waals surface area contributed by atoms with E-state index in [9.17, 15) is 4.79 Å². The molecule has 1 atom stereocenters. The molecule has 116 valence electrons. The van der Waals surface area contributed by atoms with Crippen LogP contribution in [0.3, 0.4) is 0 Å². The minimum atomic E-state index is -0.0885. The topological polar surface area (TPSA) is 54.5 Å². The van der Waals surface area contributed by atoms with E-state index in [1.807, 2.05) is 7.05 Å². The summed E-state index contributed by atoms with van der Waals surface area (Å²) >= 11 is 1.64. The van der Waals surface area contributed by atoms with Gasteiger partial charge in [-0.05, 0) is 38.5 Å². The summed E-state index contributed by atoms with van der Waals surface area (Å²) in [4.78, 5) is 19.8. The number of anilines is 1. The maximum Gasteiger partial charge on any atom is 0.323 e. The van der Waals surface area contributed by atoms with Crippen molar-refractivity contribution in [2.24, 2.45) is 0 Å². The third kappa shape index (κ3) is 3.74. The van der Waals surface area contributed by atoms with Gasteiger partial charge in [-0.1, -0.05) is 6.42 Å². The molecule has 5 nitrogen and oxygen atoms in total. The van der Waals surface area contributed by atoms with Crippen LogP contribution in [0.15, 0.2) is 0 Å². The highest BCUT2D eigenvalue weighted by atomic mass is 32.1. The number of thiazole rings is 1. The molecule has 21 heavy (non-hydrogen) atoms. The molecule has 1 saturated heterocycles. The Labute approximate surface area is 129 Å². The van der Waals surface area contributed by atoms with Gasteiger partial charge < -0.3 is 9.64 Å². The van der Waals surface area contributed by atoms with Crippen LogP contribution in [0.4, 0.5) is 9.93 Å². The minimum absolute atomic E-state index is 0.0885. The standard InChI is InChI=1S/C15H23N3O2S/c1-18(10-11-6-5-9-20-11)15(19)17-14-16-12-7-3-2-4-8-13(12)21-14/h11H,2-10H2,1H3,(H,16,17,19). The fourth-order valence-electron chi connectivity index (χ4n) is 2.95. The number of hydrogen-bond acceptors (Lipinski definition) is 4. The Morgan fingerprint density at radius 2 is 2.24 bits per heavy atom. The molecule has 1 aromatic heterocycles. The number of urea groups is 1. The number of nitrogens with one attached hydrogen (secondary N) is 1. The van der Waals surface area contributed by atoms with Crippen LogP contribution in [-0.2, 0) is 17.6 Å². The number of rotatable bonds is 3. The van der Waals surface area contributed by atoms with Crippen LogP contribution in [0.5, 0.6) is 0 Å². The Morgan fingerprint density at radius 1 is 1.38 bits per heavy atom. The van der Waals surface area contributed by atoms with E-state index in [4.69, 9.17) is 4.74 Å². The van der Waals surface area contributed by atoms with E-state index < -0.39 is 0 Å². The van der Waals surface area contributed by atoms with E-state index >= 15 is 0 Å². The highest BCUT2D eigenvalue weighted by Crippen LogP contribution is 2.29. The van der Waals surface area contributed by atoms with Gasteiger partial charge in [-0.2, -0.15) is 0 Å². The lowest BCUT2D eigenvalue weighted by Gasteiger charge is -2.20. The average Bonchev–Trinajstić information content (AvgIpc) is 3.04. The van der Waals surface area contributed by atoms with Gasteiger partial charge in [-0.15, -0.1) is 11.3 Å². The first-order chi connectivity index (χ1) is 10.2. The highest BCUT2D eigenvalue weighted by Gasteiger charge is 2.21. The predicted octanol–water partition coefficient (Wildman–Crippen LogP) is 3.05. The molecule has 1 aliphatic heterocycles. The summed E-state index contributed by atoms with van der Waals surface area (Å²) in [5, 5.41) is 3.67. The number of nitrogens with zero attached hydrogens (tertiary/aromatic N) is 2. The summed E-state index contributed by atoms with van der Waals surface area (Å²) in [5.74, 6) is 0. The van der Waals surface area contributed by atoms with Gasteiger partial charge in [0.05, 0.1) is 11.8 Å². The maximum absolute atomic E-state index is 12.2. The second-order valence-corrected chi connectivity index (χ2v) is 6.98. The second-order valence-electron chi connectivity index (χ2n) is 5.90. The van der Waals surface area contributed by atoms with Gasteiger partial charge in [0.15, 0.2) is 5.13 Å². The van der Waals surface area contributed by atoms with Crippen LogP contribution in [0, 0.1) is 0 Å². The van der Waals surface area contributed by atoms with Gasteiger partial charge in [0.1, 0.15) is 0 Å². The number of likely N-dealkylation sites (N-methyl/N-ethyl adjacent to an activating group) is 1. The Balaban J connectivity index is 1.56. The SMILES string of the molecule is CN(CC1CCCO1)C(=O)Nc1nc2c(s1)CCCCC2. The molecule has 0 aromatic carbocycles. The van der Waals surface area contributed by atoms with Crippen molar-refractivity contribution in [2.45, 2.75) is 51.0 Å². The first kappa shape index (κ1) is 14.8. The third-order valence-electron chi connectivity index (χ3n) is 4.16. The third-order valence-corrected chi connectivity index (χ3v) is 5.23. The van der Waals surface area contributed by atoms with Crippen molar-refractivity contribution in [2.75, 3.05) is 25.5 Å². The quantitative estimate of drug-likeness (QED) is 0.873. The van der Waals surface area contributed by atoms with Gasteiger partial charge in [0.2, 0.25) is 0 Å². The fourth-order valence-corrected chi connectivity index (χ4v) is 3.99. The molecule has 3 rings (SSSR count). The molecule has 2 aliphatic rings. The molecule has 0 spiro atoms. The second kappa shape index (κ2) is 6.75. The lowest BCUT2D eigenvalue weighted by atomic mass is 10.2. The van der Waals surface area contributed by atoms with Gasteiger partial charge >= 0.3 is 6.03 Å². The van der Waals surface area contributed by atoms with Crippen molar-refractivity contribution < 1.29 is 9.53 Å². The largest absolute Gasteiger partial charge is 0.376 e. The molecule has 1 aliphatic carbocycles. The number of aryl methyl sites for hydroxylation is 2. The number of fused-ring (bicyclic) bond motifs is 1. The van der Waals surface area contributed by atoms with Crippen LogP contribution in [-0.4, -0.2) is 42.2 Å². The van der Waals surface area contributed by atoms with Crippen LogP contribution in [0.1, 0.15) is 42.7 Å². The van der Waals surface area contributed by atoms with Crippen molar-refractivity contribution in [3.63, 3.8) is 0 Å². The molecule has 1 unspecified atom stereocenters. The molecule has 0 radical (unpaired) electrons. The summed E-state index contributed by atoms with van der Waals surface area (Å²) in [6.45, 7) is 1.47. The summed E-state index contributed by atoms with van der Waals surface area (Å²) in [7, 11) is 1.82. The molecular weight excluding hydrogens is 286 g/mol. The van der Waals surface area contributed by atoms with E-state index in [-0.39, 0.29) is 12.1 Å². The van der Waals surface area contributed by atoms with Gasteiger partial charge in [0, 0.05) is 25.1 Å². The minimum Gasteiger partial charge on any atom is -0.376 e. The Morgan fingerprint density at radius 3 is 3.05 bits per heavy atom. The maximum atomic E-state index is 12.2. The van der Waals surface area contributed by atoms with Crippen LogP contribution < -0.4 is 5.32 Å². The zero-order valence-corrected chi connectivity index (χ0v) is 13.4. The Bertz CT molecular complexity index is 474. The summed E-state index contributed by atoms with van der Waals surface area (Å²) < 4.78 is 5.57. The smallest absolute Gasteiger partial charge is 0.323 e. The number of amides is 2. The average molecular weight is 309 g/mol. The molecule has 1 fully saturated rings. The van der Waals surface area contributed by atoms with E-state index in [2.05, 4.69) is 10.3 Å². The van der Waals surface area contributed by atoms with E-state index in [1.165, 1.54) is 29.8 Å². The summed E-state index contributed by atoms with van der Waals surface area (Å²) in [6.07, 6.45) is 8.22. The van der Waals surface area contributed by atoms with Crippen LogP contribution in [0.25, 0.3) is 0 Å². The lowest BCUT2D eigenvalue weighted by molar-refractivity contribution is 0.0894. The van der Waals surface area contributed by atoms with Crippen LogP contribution >= 0.6 is 11.3 Å². The number of carbonyl (C=O) groups is 1. The highest BCUT2D eigenvalue weighted by molar-refractivity contribution is 7.15. The van der Waals surface area contributed by atoms with Crippen molar-refractivity contribution in [3.05, 3.63) is 10.6 Å². The number of aromatic nitrogens is 1. The Kier molecular flexibility index (Phi) is 4.75. The zero-order valence-electron chi connectivity index (χ0n) is 12.6. The molecule has 0 saturated carbocycles. The monoisotopic (exact) mass is 309 g/mol. The van der Waals surface area contributed by atoms with E-state index in [1.54, 1.807) is 16.2 Å². The molecule has 2 amide bonds.